The summed E-state index contributed by atoms with van der Waals surface area (Å²) in [5.41, 5.74) is 3.30. The van der Waals surface area contributed by atoms with Crippen molar-refractivity contribution in [3.63, 3.8) is 0 Å². The number of hydrogen-bond donors (Lipinski definition) is 1. The molecule has 0 aliphatic heterocycles. The maximum atomic E-state index is 12.8. The molecule has 6 nitrogen and oxygen atoms in total. The Morgan fingerprint density at radius 1 is 1.21 bits per heavy atom. The molecular weight excluding hydrogens is 384 g/mol. The van der Waals surface area contributed by atoms with E-state index >= 15 is 0 Å². The van der Waals surface area contributed by atoms with Crippen molar-refractivity contribution >= 4 is 34.4 Å². The first kappa shape index (κ1) is 18.8. The maximum absolute atomic E-state index is 12.8. The van der Waals surface area contributed by atoms with Crippen LogP contribution in [0.5, 0.6) is 0 Å². The van der Waals surface area contributed by atoms with E-state index in [1.54, 1.807) is 29.1 Å². The second-order valence-electron chi connectivity index (χ2n) is 6.39. The van der Waals surface area contributed by atoms with Gasteiger partial charge in [0.1, 0.15) is 0 Å². The number of carbonyl (C=O) groups excluding carboxylic acids is 2. The zero-order valence-electron chi connectivity index (χ0n) is 15.5. The monoisotopic (exact) mass is 402 g/mol. The van der Waals surface area contributed by atoms with Crippen LogP contribution in [0.2, 0.25) is 0 Å². The lowest BCUT2D eigenvalue weighted by atomic mass is 10.1. The van der Waals surface area contributed by atoms with E-state index in [1.807, 2.05) is 41.8 Å². The van der Waals surface area contributed by atoms with Crippen molar-refractivity contribution < 1.29 is 9.59 Å². The molecule has 29 heavy (non-hydrogen) atoms. The molecule has 4 aromatic rings. The normalized spacial score (nSPS) is 10.8. The molecule has 3 aromatic heterocycles. The zero-order valence-corrected chi connectivity index (χ0v) is 16.4. The zero-order chi connectivity index (χ0) is 20.2. The Bertz CT molecular complexity index is 1190. The number of carbonyl (C=O) groups is 2. The molecule has 0 atom stereocenters. The summed E-state index contributed by atoms with van der Waals surface area (Å²) in [6.07, 6.45) is 5.95. The highest BCUT2D eigenvalue weighted by Gasteiger charge is 2.18. The van der Waals surface area contributed by atoms with Gasteiger partial charge < -0.3 is 5.32 Å². The van der Waals surface area contributed by atoms with Crippen LogP contribution in [0, 0.1) is 0 Å². The van der Waals surface area contributed by atoms with Crippen LogP contribution >= 0.6 is 11.3 Å². The molecule has 1 aromatic carbocycles. The quantitative estimate of drug-likeness (QED) is 0.362. The lowest BCUT2D eigenvalue weighted by Gasteiger charge is -2.09. The summed E-state index contributed by atoms with van der Waals surface area (Å²) in [6, 6.07) is 13.0. The fraction of sp³-hybridized carbons (Fsp3) is 0.0909. The Morgan fingerprint density at radius 2 is 2.10 bits per heavy atom. The summed E-state index contributed by atoms with van der Waals surface area (Å²) in [5, 5.41) is 9.16. The standard InChI is InChI=1S/C22H18N4O2S/c1-2-3-9-20(27)25-16-7-4-6-15(13-16)18-10-11-23-22-17(14-24-26(18)22)21(28)19-8-5-12-29-19/h2,4-8,10-14H,1,3,9H2,(H,25,27). The largest absolute Gasteiger partial charge is 0.326 e. The van der Waals surface area contributed by atoms with E-state index in [0.29, 0.717) is 34.6 Å². The van der Waals surface area contributed by atoms with Crippen LogP contribution in [0.4, 0.5) is 5.69 Å². The van der Waals surface area contributed by atoms with E-state index in [0.717, 1.165) is 11.3 Å². The van der Waals surface area contributed by atoms with Gasteiger partial charge in [0.15, 0.2) is 5.65 Å². The van der Waals surface area contributed by atoms with Crippen molar-refractivity contribution in [2.24, 2.45) is 0 Å². The topological polar surface area (TPSA) is 76.4 Å². The number of rotatable bonds is 7. The molecule has 1 N–H and O–H groups in total. The van der Waals surface area contributed by atoms with Crippen LogP contribution in [0.1, 0.15) is 28.1 Å². The van der Waals surface area contributed by atoms with Crippen LogP contribution in [-0.4, -0.2) is 26.3 Å². The molecule has 1 amide bonds. The van der Waals surface area contributed by atoms with E-state index in [2.05, 4.69) is 22.0 Å². The Hall–Kier alpha value is -3.58. The molecular formula is C22H18N4O2S. The summed E-state index contributed by atoms with van der Waals surface area (Å²) in [5.74, 6) is -0.160. The second kappa shape index (κ2) is 8.20. The molecule has 0 spiro atoms. The molecule has 0 saturated heterocycles. The summed E-state index contributed by atoms with van der Waals surface area (Å²) < 4.78 is 1.65. The van der Waals surface area contributed by atoms with Gasteiger partial charge in [-0.2, -0.15) is 5.10 Å². The first-order valence-corrected chi connectivity index (χ1v) is 9.97. The van der Waals surface area contributed by atoms with Crippen molar-refractivity contribution in [2.45, 2.75) is 12.8 Å². The maximum Gasteiger partial charge on any atom is 0.224 e. The SMILES string of the molecule is C=CCCC(=O)Nc1cccc(-c2ccnc3c(C(=O)c4cccs4)cnn23)c1. The fourth-order valence-corrected chi connectivity index (χ4v) is 3.70. The Labute approximate surface area is 171 Å². The van der Waals surface area contributed by atoms with Crippen molar-refractivity contribution in [1.29, 1.82) is 0 Å². The van der Waals surface area contributed by atoms with Crippen LogP contribution in [0.3, 0.4) is 0 Å². The van der Waals surface area contributed by atoms with Crippen LogP contribution in [0.15, 0.2) is 72.9 Å². The third-order valence-electron chi connectivity index (χ3n) is 4.41. The van der Waals surface area contributed by atoms with Gasteiger partial charge in [0.2, 0.25) is 11.7 Å². The number of nitrogens with zero attached hydrogens (tertiary/aromatic N) is 3. The third-order valence-corrected chi connectivity index (χ3v) is 5.28. The Morgan fingerprint density at radius 3 is 2.90 bits per heavy atom. The highest BCUT2D eigenvalue weighted by atomic mass is 32.1. The molecule has 7 heteroatoms. The second-order valence-corrected chi connectivity index (χ2v) is 7.33. The number of allylic oxidation sites excluding steroid dienone is 1. The van der Waals surface area contributed by atoms with Gasteiger partial charge in [0.25, 0.3) is 0 Å². The van der Waals surface area contributed by atoms with Gasteiger partial charge in [-0.3, -0.25) is 9.59 Å². The summed E-state index contributed by atoms with van der Waals surface area (Å²) in [6.45, 7) is 3.63. The van der Waals surface area contributed by atoms with E-state index in [1.165, 1.54) is 11.3 Å². The predicted molar refractivity (Wildman–Crippen MR) is 114 cm³/mol. The minimum Gasteiger partial charge on any atom is -0.326 e. The van der Waals surface area contributed by atoms with Gasteiger partial charge in [0.05, 0.1) is 22.3 Å². The average molecular weight is 402 g/mol. The lowest BCUT2D eigenvalue weighted by Crippen LogP contribution is -2.10. The molecule has 0 aliphatic carbocycles. The van der Waals surface area contributed by atoms with Crippen molar-refractivity contribution in [2.75, 3.05) is 5.32 Å². The van der Waals surface area contributed by atoms with Gasteiger partial charge in [-0.15, -0.1) is 17.9 Å². The van der Waals surface area contributed by atoms with Gasteiger partial charge >= 0.3 is 0 Å². The molecule has 0 fully saturated rings. The molecule has 0 saturated carbocycles. The number of thiophene rings is 1. The van der Waals surface area contributed by atoms with E-state index < -0.39 is 0 Å². The number of ketones is 1. The molecule has 4 rings (SSSR count). The molecule has 144 valence electrons. The summed E-state index contributed by atoms with van der Waals surface area (Å²) >= 11 is 1.39. The smallest absolute Gasteiger partial charge is 0.224 e. The molecule has 3 heterocycles. The van der Waals surface area contributed by atoms with Gasteiger partial charge in [0, 0.05) is 23.9 Å². The lowest BCUT2D eigenvalue weighted by molar-refractivity contribution is -0.116. The van der Waals surface area contributed by atoms with E-state index in [4.69, 9.17) is 0 Å². The number of fused-ring (bicyclic) bond motifs is 1. The van der Waals surface area contributed by atoms with Crippen molar-refractivity contribution in [3.8, 4) is 11.3 Å². The first-order chi connectivity index (χ1) is 14.2. The molecule has 0 aliphatic rings. The third kappa shape index (κ3) is 3.86. The number of benzene rings is 1. The van der Waals surface area contributed by atoms with Gasteiger partial charge in [-0.05, 0) is 36.1 Å². The minimum atomic E-state index is -0.0946. The van der Waals surface area contributed by atoms with Gasteiger partial charge in [-0.25, -0.2) is 9.50 Å². The van der Waals surface area contributed by atoms with Crippen molar-refractivity contribution in [3.05, 3.63) is 83.3 Å². The number of hydrogen-bond acceptors (Lipinski definition) is 5. The first-order valence-electron chi connectivity index (χ1n) is 9.09. The Kier molecular flexibility index (Phi) is 5.31. The highest BCUT2D eigenvalue weighted by molar-refractivity contribution is 7.12. The van der Waals surface area contributed by atoms with E-state index in [9.17, 15) is 9.59 Å². The number of nitrogens with one attached hydrogen (secondary N) is 1. The predicted octanol–water partition coefficient (Wildman–Crippen LogP) is 4.59. The number of anilines is 1. The number of aromatic nitrogens is 3. The minimum absolute atomic E-state index is 0.0650. The van der Waals surface area contributed by atoms with Crippen molar-refractivity contribution in [1.82, 2.24) is 14.6 Å². The fourth-order valence-electron chi connectivity index (χ4n) is 3.02. The van der Waals surface area contributed by atoms with Crippen LogP contribution in [0.25, 0.3) is 16.9 Å². The van der Waals surface area contributed by atoms with Crippen LogP contribution < -0.4 is 5.32 Å². The summed E-state index contributed by atoms with van der Waals surface area (Å²) in [7, 11) is 0. The highest BCUT2D eigenvalue weighted by Crippen LogP contribution is 2.25. The summed E-state index contributed by atoms with van der Waals surface area (Å²) in [4.78, 5) is 29.8. The molecule has 0 unspecified atom stereocenters. The molecule has 0 bridgehead atoms. The average Bonchev–Trinajstić information content (AvgIpc) is 3.42. The van der Waals surface area contributed by atoms with Crippen LogP contribution in [-0.2, 0) is 4.79 Å². The number of amides is 1. The molecule has 0 radical (unpaired) electrons. The van der Waals surface area contributed by atoms with Gasteiger partial charge in [-0.1, -0.05) is 24.3 Å². The Balaban J connectivity index is 1.68. The van der Waals surface area contributed by atoms with E-state index in [-0.39, 0.29) is 11.7 Å².